The molecule has 34 heavy (non-hydrogen) atoms. The van der Waals surface area contributed by atoms with Gasteiger partial charge in [0.15, 0.2) is 5.16 Å². The number of aryl methyl sites for hydroxylation is 3. The summed E-state index contributed by atoms with van der Waals surface area (Å²) in [5.41, 5.74) is 4.79. The Labute approximate surface area is 207 Å². The summed E-state index contributed by atoms with van der Waals surface area (Å²) < 4.78 is 1.67. The van der Waals surface area contributed by atoms with Crippen molar-refractivity contribution in [2.75, 3.05) is 11.1 Å². The van der Waals surface area contributed by atoms with E-state index in [1.54, 1.807) is 15.9 Å². The van der Waals surface area contributed by atoms with E-state index < -0.39 is 0 Å². The number of thiophene rings is 1. The zero-order valence-corrected chi connectivity index (χ0v) is 21.2. The number of carbonyl (C=O) groups excluding carboxylic acids is 1. The van der Waals surface area contributed by atoms with Crippen molar-refractivity contribution in [3.8, 4) is 5.69 Å². The summed E-state index contributed by atoms with van der Waals surface area (Å²) in [6, 6.07) is 15.5. The molecule has 0 spiro atoms. The molecule has 0 fully saturated rings. The third-order valence-electron chi connectivity index (χ3n) is 6.39. The highest BCUT2D eigenvalue weighted by Crippen LogP contribution is 2.37. The fourth-order valence-electron chi connectivity index (χ4n) is 4.59. The first-order chi connectivity index (χ1) is 16.4. The normalized spacial score (nSPS) is 15.3. The Bertz CT molecular complexity index is 1420. The molecule has 0 unspecified atom stereocenters. The molecule has 0 radical (unpaired) electrons. The number of nitrogens with zero attached hydrogens (tertiary/aromatic N) is 2. The number of para-hydroxylation sites is 2. The molecule has 1 N–H and O–H groups in total. The average molecular weight is 490 g/mol. The summed E-state index contributed by atoms with van der Waals surface area (Å²) in [6.07, 6.45) is 3.02. The van der Waals surface area contributed by atoms with Gasteiger partial charge in [0.2, 0.25) is 5.91 Å². The summed E-state index contributed by atoms with van der Waals surface area (Å²) in [7, 11) is 0. The van der Waals surface area contributed by atoms with E-state index in [-0.39, 0.29) is 17.2 Å². The highest BCUT2D eigenvalue weighted by molar-refractivity contribution is 7.99. The van der Waals surface area contributed by atoms with Gasteiger partial charge in [-0.15, -0.1) is 11.3 Å². The van der Waals surface area contributed by atoms with E-state index in [2.05, 4.69) is 12.2 Å². The molecule has 7 heteroatoms. The number of thioether (sulfide) groups is 1. The molecule has 174 valence electrons. The summed E-state index contributed by atoms with van der Waals surface area (Å²) in [4.78, 5) is 33.6. The Hall–Kier alpha value is -2.90. The summed E-state index contributed by atoms with van der Waals surface area (Å²) in [5.74, 6) is 0.677. The lowest BCUT2D eigenvalue weighted by Gasteiger charge is -2.18. The summed E-state index contributed by atoms with van der Waals surface area (Å²) in [5, 5.41) is 4.33. The Morgan fingerprint density at radius 3 is 2.62 bits per heavy atom. The third kappa shape index (κ3) is 4.30. The van der Waals surface area contributed by atoms with Gasteiger partial charge in [0.25, 0.3) is 5.56 Å². The second-order valence-electron chi connectivity index (χ2n) is 9.01. The molecule has 5 nitrogen and oxygen atoms in total. The number of aromatic nitrogens is 2. The maximum absolute atomic E-state index is 13.8. The monoisotopic (exact) mass is 489 g/mol. The number of carbonyl (C=O) groups is 1. The van der Waals surface area contributed by atoms with E-state index in [1.165, 1.54) is 22.2 Å². The molecule has 2 heterocycles. The largest absolute Gasteiger partial charge is 0.325 e. The molecule has 1 atom stereocenters. The molecule has 5 rings (SSSR count). The van der Waals surface area contributed by atoms with Crippen molar-refractivity contribution in [1.82, 2.24) is 9.55 Å². The molecule has 0 bridgehead atoms. The van der Waals surface area contributed by atoms with Crippen LogP contribution in [-0.4, -0.2) is 21.2 Å². The minimum Gasteiger partial charge on any atom is -0.325 e. The standard InChI is InChI=1S/C27H27N3O2S2/c1-16-12-13-20-21(14-16)34-25-23(20)26(32)30(19-10-5-4-6-11-19)27(29-25)33-15-22(31)28-24-17(2)8-7-9-18(24)3/h4-11,16H,12-15H2,1-3H3,(H,28,31)/t16-/m0/s1. The highest BCUT2D eigenvalue weighted by Gasteiger charge is 2.25. The second kappa shape index (κ2) is 9.39. The smallest absolute Gasteiger partial charge is 0.267 e. The van der Waals surface area contributed by atoms with Crippen LogP contribution in [0.1, 0.15) is 34.9 Å². The van der Waals surface area contributed by atoms with Crippen LogP contribution in [0, 0.1) is 19.8 Å². The maximum Gasteiger partial charge on any atom is 0.267 e. The van der Waals surface area contributed by atoms with Crippen molar-refractivity contribution in [2.24, 2.45) is 5.92 Å². The first-order valence-electron chi connectivity index (χ1n) is 11.5. The van der Waals surface area contributed by atoms with Gasteiger partial charge in [0.1, 0.15) is 4.83 Å². The molecule has 2 aromatic carbocycles. The molecule has 1 aliphatic rings. The fraction of sp³-hybridized carbons (Fsp3) is 0.296. The second-order valence-corrected chi connectivity index (χ2v) is 11.0. The summed E-state index contributed by atoms with van der Waals surface area (Å²) in [6.45, 7) is 6.23. The van der Waals surface area contributed by atoms with Gasteiger partial charge in [0.05, 0.1) is 16.8 Å². The van der Waals surface area contributed by atoms with Crippen LogP contribution in [0.4, 0.5) is 5.69 Å². The Balaban J connectivity index is 1.52. The minimum atomic E-state index is -0.115. The van der Waals surface area contributed by atoms with Crippen LogP contribution in [0.25, 0.3) is 15.9 Å². The molecule has 4 aromatic rings. The van der Waals surface area contributed by atoms with Gasteiger partial charge >= 0.3 is 0 Å². The van der Waals surface area contributed by atoms with Crippen molar-refractivity contribution in [3.05, 3.63) is 80.5 Å². The number of hydrogen-bond donors (Lipinski definition) is 1. The number of nitrogens with one attached hydrogen (secondary N) is 1. The van der Waals surface area contributed by atoms with Crippen molar-refractivity contribution >= 4 is 44.9 Å². The van der Waals surface area contributed by atoms with Crippen LogP contribution >= 0.6 is 23.1 Å². The SMILES string of the molecule is Cc1cccc(C)c1NC(=O)CSc1nc2sc3c(c2c(=O)n1-c1ccccc1)CC[C@H](C)C3. The zero-order chi connectivity index (χ0) is 23.8. The van der Waals surface area contributed by atoms with Crippen LogP contribution < -0.4 is 10.9 Å². The maximum atomic E-state index is 13.8. The van der Waals surface area contributed by atoms with Gasteiger partial charge in [-0.2, -0.15) is 0 Å². The third-order valence-corrected chi connectivity index (χ3v) is 8.48. The van der Waals surface area contributed by atoms with Gasteiger partial charge in [-0.05, 0) is 67.9 Å². The lowest BCUT2D eigenvalue weighted by molar-refractivity contribution is -0.113. The van der Waals surface area contributed by atoms with E-state index in [4.69, 9.17) is 4.98 Å². The lowest BCUT2D eigenvalue weighted by Crippen LogP contribution is -2.23. The zero-order valence-electron chi connectivity index (χ0n) is 19.6. The topological polar surface area (TPSA) is 64.0 Å². The lowest BCUT2D eigenvalue weighted by atomic mass is 9.89. The van der Waals surface area contributed by atoms with E-state index in [1.807, 2.05) is 62.4 Å². The average Bonchev–Trinajstić information content (AvgIpc) is 3.18. The predicted molar refractivity (Wildman–Crippen MR) is 142 cm³/mol. The van der Waals surface area contributed by atoms with Crippen molar-refractivity contribution in [1.29, 1.82) is 0 Å². The fourth-order valence-corrected chi connectivity index (χ4v) is 6.83. The number of fused-ring (bicyclic) bond motifs is 3. The molecule has 2 aromatic heterocycles. The molecule has 0 saturated heterocycles. The number of amides is 1. The molecular formula is C27H27N3O2S2. The van der Waals surface area contributed by atoms with Gasteiger partial charge in [-0.25, -0.2) is 4.98 Å². The van der Waals surface area contributed by atoms with Crippen molar-refractivity contribution in [3.63, 3.8) is 0 Å². The number of benzene rings is 2. The quantitative estimate of drug-likeness (QED) is 0.279. The molecule has 1 aliphatic carbocycles. The van der Waals surface area contributed by atoms with Crippen LogP contribution in [0.5, 0.6) is 0 Å². The van der Waals surface area contributed by atoms with Crippen LogP contribution in [0.2, 0.25) is 0 Å². The van der Waals surface area contributed by atoms with Crippen molar-refractivity contribution < 1.29 is 4.79 Å². The van der Waals surface area contributed by atoms with E-state index in [9.17, 15) is 9.59 Å². The first kappa shape index (κ1) is 22.9. The van der Waals surface area contributed by atoms with Crippen LogP contribution in [0.15, 0.2) is 58.5 Å². The Kier molecular flexibility index (Phi) is 6.32. The Morgan fingerprint density at radius 1 is 1.15 bits per heavy atom. The Morgan fingerprint density at radius 2 is 1.88 bits per heavy atom. The van der Waals surface area contributed by atoms with Gasteiger partial charge < -0.3 is 5.32 Å². The minimum absolute atomic E-state index is 0.0408. The molecular weight excluding hydrogens is 462 g/mol. The van der Waals surface area contributed by atoms with Gasteiger partial charge in [0, 0.05) is 10.6 Å². The molecule has 0 saturated carbocycles. The highest BCUT2D eigenvalue weighted by atomic mass is 32.2. The summed E-state index contributed by atoms with van der Waals surface area (Å²) >= 11 is 2.94. The van der Waals surface area contributed by atoms with Crippen LogP contribution in [0.3, 0.4) is 0 Å². The van der Waals surface area contributed by atoms with E-state index in [0.717, 1.165) is 52.0 Å². The van der Waals surface area contributed by atoms with E-state index in [0.29, 0.717) is 11.1 Å². The number of hydrogen-bond acceptors (Lipinski definition) is 5. The number of anilines is 1. The van der Waals surface area contributed by atoms with Crippen LogP contribution in [-0.2, 0) is 17.6 Å². The van der Waals surface area contributed by atoms with Gasteiger partial charge in [-0.3, -0.25) is 14.2 Å². The number of rotatable bonds is 5. The van der Waals surface area contributed by atoms with Crippen molar-refractivity contribution in [2.45, 2.75) is 45.2 Å². The predicted octanol–water partition coefficient (Wildman–Crippen LogP) is 5.92. The molecule has 1 amide bonds. The molecule has 0 aliphatic heterocycles. The van der Waals surface area contributed by atoms with Gasteiger partial charge in [-0.1, -0.05) is 55.1 Å². The van der Waals surface area contributed by atoms with E-state index >= 15 is 0 Å². The first-order valence-corrected chi connectivity index (χ1v) is 13.3.